The van der Waals surface area contributed by atoms with Gasteiger partial charge in [-0.05, 0) is 72.8 Å². The molecule has 1 N–H and O–H groups in total. The molecule has 0 bridgehead atoms. The summed E-state index contributed by atoms with van der Waals surface area (Å²) in [7, 11) is 0. The number of amides is 1. The predicted octanol–water partition coefficient (Wildman–Crippen LogP) is 4.58. The molecule has 1 aliphatic rings. The molecule has 1 aromatic heterocycles. The van der Waals surface area contributed by atoms with Crippen LogP contribution in [0.3, 0.4) is 0 Å². The standard InChI is InChI=1S/C22H22IN3O4/c23-17-6-4-15(5-7-17)20(27)16-8-10-26(11-9-16)12-13-29-22(28)25-19-3-1-2-18-21(19)30-14-24-18/h1-7,14,16H,8-13H2,(H,25,28). The highest BCUT2D eigenvalue weighted by Crippen LogP contribution is 2.23. The molecule has 0 radical (unpaired) electrons. The van der Waals surface area contributed by atoms with Crippen molar-refractivity contribution >= 4 is 51.3 Å². The average molecular weight is 519 g/mol. The fourth-order valence-corrected chi connectivity index (χ4v) is 4.03. The van der Waals surface area contributed by atoms with E-state index in [0.29, 0.717) is 23.3 Å². The van der Waals surface area contributed by atoms with Gasteiger partial charge in [0.25, 0.3) is 0 Å². The Morgan fingerprint density at radius 1 is 1.17 bits per heavy atom. The van der Waals surface area contributed by atoms with Gasteiger partial charge in [0, 0.05) is 21.6 Å². The first kappa shape index (κ1) is 20.8. The summed E-state index contributed by atoms with van der Waals surface area (Å²) in [5.41, 5.74) is 2.52. The predicted molar refractivity (Wildman–Crippen MR) is 122 cm³/mol. The van der Waals surface area contributed by atoms with Gasteiger partial charge in [-0.1, -0.05) is 18.2 Å². The van der Waals surface area contributed by atoms with Crippen molar-refractivity contribution in [3.8, 4) is 0 Å². The molecule has 30 heavy (non-hydrogen) atoms. The number of benzene rings is 2. The Kier molecular flexibility index (Phi) is 6.63. The molecule has 0 atom stereocenters. The van der Waals surface area contributed by atoms with E-state index < -0.39 is 6.09 Å². The minimum Gasteiger partial charge on any atom is -0.448 e. The van der Waals surface area contributed by atoms with Crippen LogP contribution < -0.4 is 5.32 Å². The summed E-state index contributed by atoms with van der Waals surface area (Å²) >= 11 is 2.24. The number of anilines is 1. The summed E-state index contributed by atoms with van der Waals surface area (Å²) in [6.07, 6.45) is 2.46. The lowest BCUT2D eigenvalue weighted by Crippen LogP contribution is -2.38. The Balaban J connectivity index is 1.19. The van der Waals surface area contributed by atoms with Crippen molar-refractivity contribution < 1.29 is 18.7 Å². The molecule has 4 rings (SSSR count). The van der Waals surface area contributed by atoms with Gasteiger partial charge in [-0.25, -0.2) is 9.78 Å². The number of hydrogen-bond acceptors (Lipinski definition) is 6. The molecule has 2 aromatic carbocycles. The number of Topliss-reactive ketones (excluding diaryl/α,β-unsaturated/α-hetero) is 1. The topological polar surface area (TPSA) is 84.7 Å². The number of rotatable bonds is 6. The second-order valence-electron chi connectivity index (χ2n) is 7.25. The number of likely N-dealkylation sites (tertiary alicyclic amines) is 1. The van der Waals surface area contributed by atoms with Crippen LogP contribution in [-0.4, -0.2) is 48.0 Å². The number of halogens is 1. The van der Waals surface area contributed by atoms with Crippen molar-refractivity contribution in [1.29, 1.82) is 0 Å². The van der Waals surface area contributed by atoms with Crippen LogP contribution in [0.4, 0.5) is 10.5 Å². The zero-order valence-corrected chi connectivity index (χ0v) is 18.5. The van der Waals surface area contributed by atoms with Crippen LogP contribution in [0.25, 0.3) is 11.1 Å². The molecule has 0 spiro atoms. The van der Waals surface area contributed by atoms with Gasteiger partial charge in [0.1, 0.15) is 12.1 Å². The molecule has 0 aliphatic carbocycles. The van der Waals surface area contributed by atoms with Crippen LogP contribution in [0.2, 0.25) is 0 Å². The molecule has 1 amide bonds. The number of carbonyl (C=O) groups excluding carboxylic acids is 2. The highest BCUT2D eigenvalue weighted by molar-refractivity contribution is 14.1. The van der Waals surface area contributed by atoms with Gasteiger partial charge in [0.05, 0.1) is 5.69 Å². The van der Waals surface area contributed by atoms with Crippen LogP contribution in [0.15, 0.2) is 53.3 Å². The van der Waals surface area contributed by atoms with Crippen LogP contribution in [0.5, 0.6) is 0 Å². The van der Waals surface area contributed by atoms with Crippen LogP contribution in [-0.2, 0) is 4.74 Å². The van der Waals surface area contributed by atoms with E-state index in [1.165, 1.54) is 6.39 Å². The second kappa shape index (κ2) is 9.57. The lowest BCUT2D eigenvalue weighted by molar-refractivity contribution is 0.0813. The highest BCUT2D eigenvalue weighted by atomic mass is 127. The van der Waals surface area contributed by atoms with Gasteiger partial charge in [0.15, 0.2) is 17.8 Å². The van der Waals surface area contributed by atoms with Gasteiger partial charge in [-0.3, -0.25) is 15.0 Å². The Labute approximate surface area is 187 Å². The number of nitrogens with zero attached hydrogens (tertiary/aromatic N) is 2. The maximum absolute atomic E-state index is 12.7. The number of ether oxygens (including phenoxy) is 1. The number of nitrogens with one attached hydrogen (secondary N) is 1. The van der Waals surface area contributed by atoms with Gasteiger partial charge < -0.3 is 9.15 Å². The Bertz CT molecular complexity index is 1030. The fourth-order valence-electron chi connectivity index (χ4n) is 3.67. The molecule has 8 heteroatoms. The second-order valence-corrected chi connectivity index (χ2v) is 8.50. The number of oxazole rings is 1. The van der Waals surface area contributed by atoms with E-state index in [1.54, 1.807) is 12.1 Å². The number of hydrogen-bond donors (Lipinski definition) is 1. The van der Waals surface area contributed by atoms with E-state index in [4.69, 9.17) is 9.15 Å². The summed E-state index contributed by atoms with van der Waals surface area (Å²) in [4.78, 5) is 31.0. The molecule has 0 unspecified atom stereocenters. The molecule has 0 saturated carbocycles. The molecule has 156 valence electrons. The number of ketones is 1. The average Bonchev–Trinajstić information content (AvgIpc) is 3.24. The summed E-state index contributed by atoms with van der Waals surface area (Å²) < 4.78 is 11.7. The third-order valence-electron chi connectivity index (χ3n) is 5.32. The minimum absolute atomic E-state index is 0.0629. The van der Waals surface area contributed by atoms with Crippen LogP contribution in [0, 0.1) is 9.49 Å². The molecule has 2 heterocycles. The van der Waals surface area contributed by atoms with Crippen molar-refractivity contribution in [3.63, 3.8) is 0 Å². The Morgan fingerprint density at radius 3 is 2.70 bits per heavy atom. The van der Waals surface area contributed by atoms with Crippen molar-refractivity contribution in [2.45, 2.75) is 12.8 Å². The monoisotopic (exact) mass is 519 g/mol. The van der Waals surface area contributed by atoms with Crippen molar-refractivity contribution in [3.05, 3.63) is 58.0 Å². The molecule has 1 aliphatic heterocycles. The highest BCUT2D eigenvalue weighted by Gasteiger charge is 2.25. The molecular weight excluding hydrogens is 497 g/mol. The van der Waals surface area contributed by atoms with Crippen molar-refractivity contribution in [2.75, 3.05) is 31.6 Å². The first-order chi connectivity index (χ1) is 14.6. The number of carbonyl (C=O) groups is 2. The molecule has 3 aromatic rings. The lowest BCUT2D eigenvalue weighted by Gasteiger charge is -2.31. The fraction of sp³-hybridized carbons (Fsp3) is 0.318. The molecule has 7 nitrogen and oxygen atoms in total. The minimum atomic E-state index is -0.525. The van der Waals surface area contributed by atoms with E-state index >= 15 is 0 Å². The van der Waals surface area contributed by atoms with Crippen LogP contribution in [0.1, 0.15) is 23.2 Å². The van der Waals surface area contributed by atoms with Crippen LogP contribution >= 0.6 is 22.6 Å². The largest absolute Gasteiger partial charge is 0.448 e. The van der Waals surface area contributed by atoms with E-state index in [0.717, 1.165) is 35.1 Å². The third kappa shape index (κ3) is 4.99. The number of aromatic nitrogens is 1. The van der Waals surface area contributed by atoms with Gasteiger partial charge in [0.2, 0.25) is 0 Å². The smallest absolute Gasteiger partial charge is 0.411 e. The summed E-state index contributed by atoms with van der Waals surface area (Å²) in [5.74, 6) is 0.288. The molecular formula is C22H22IN3O4. The molecule has 1 fully saturated rings. The molecule has 1 saturated heterocycles. The maximum Gasteiger partial charge on any atom is 0.411 e. The summed E-state index contributed by atoms with van der Waals surface area (Å²) in [5, 5.41) is 2.69. The van der Waals surface area contributed by atoms with E-state index in [2.05, 4.69) is 37.8 Å². The normalized spacial score (nSPS) is 15.2. The number of fused-ring (bicyclic) bond motifs is 1. The van der Waals surface area contributed by atoms with Crippen molar-refractivity contribution in [2.24, 2.45) is 5.92 Å². The van der Waals surface area contributed by atoms with E-state index in [-0.39, 0.29) is 18.3 Å². The van der Waals surface area contributed by atoms with Gasteiger partial charge in [-0.2, -0.15) is 0 Å². The first-order valence-electron chi connectivity index (χ1n) is 9.88. The Hall–Kier alpha value is -2.46. The quantitative estimate of drug-likeness (QED) is 0.380. The summed E-state index contributed by atoms with van der Waals surface area (Å²) in [6, 6.07) is 13.1. The lowest BCUT2D eigenvalue weighted by atomic mass is 9.89. The number of para-hydroxylation sites is 1. The van der Waals surface area contributed by atoms with E-state index in [9.17, 15) is 9.59 Å². The van der Waals surface area contributed by atoms with Crippen molar-refractivity contribution in [1.82, 2.24) is 9.88 Å². The summed E-state index contributed by atoms with van der Waals surface area (Å²) in [6.45, 7) is 2.57. The van der Waals surface area contributed by atoms with Gasteiger partial charge >= 0.3 is 6.09 Å². The third-order valence-corrected chi connectivity index (χ3v) is 6.04. The van der Waals surface area contributed by atoms with E-state index in [1.807, 2.05) is 30.3 Å². The SMILES string of the molecule is O=C(Nc1cccc2ncoc12)OCCN1CCC(C(=O)c2ccc(I)cc2)CC1. The van der Waals surface area contributed by atoms with Gasteiger partial charge in [-0.15, -0.1) is 0 Å². The Morgan fingerprint density at radius 2 is 1.93 bits per heavy atom. The first-order valence-corrected chi connectivity index (χ1v) is 11.0. The zero-order chi connectivity index (χ0) is 20.9. The zero-order valence-electron chi connectivity index (χ0n) is 16.3. The maximum atomic E-state index is 12.7. The number of piperidine rings is 1.